The lowest BCUT2D eigenvalue weighted by Gasteiger charge is -2.22. The first kappa shape index (κ1) is 16.4. The van der Waals surface area contributed by atoms with E-state index in [0.29, 0.717) is 5.56 Å². The molecule has 4 nitrogen and oxygen atoms in total. The maximum atomic E-state index is 12.6. The fourth-order valence-corrected chi connectivity index (χ4v) is 4.78. The lowest BCUT2D eigenvalue weighted by atomic mass is 10.1. The van der Waals surface area contributed by atoms with Crippen LogP contribution < -0.4 is 10.5 Å². The van der Waals surface area contributed by atoms with Gasteiger partial charge < -0.3 is 5.73 Å². The Morgan fingerprint density at radius 1 is 1.38 bits per heavy atom. The van der Waals surface area contributed by atoms with E-state index in [9.17, 15) is 8.42 Å². The van der Waals surface area contributed by atoms with E-state index in [-0.39, 0.29) is 17.5 Å². The van der Waals surface area contributed by atoms with E-state index in [4.69, 9.17) is 5.73 Å². The third kappa shape index (κ3) is 4.48. The molecule has 1 aromatic rings. The zero-order valence-electron chi connectivity index (χ0n) is 12.1. The van der Waals surface area contributed by atoms with Crippen LogP contribution in [0.4, 0.5) is 0 Å². The lowest BCUT2D eigenvalue weighted by Crippen LogP contribution is -2.37. The largest absolute Gasteiger partial charge is 0.320 e. The molecule has 1 saturated heterocycles. The molecule has 1 heterocycles. The van der Waals surface area contributed by atoms with Gasteiger partial charge in [-0.25, -0.2) is 13.1 Å². The van der Waals surface area contributed by atoms with Crippen molar-refractivity contribution in [3.05, 3.63) is 29.3 Å². The number of hydrogen-bond acceptors (Lipinski definition) is 4. The number of hydrogen-bond donors (Lipinski definition) is 2. The van der Waals surface area contributed by atoms with Crippen molar-refractivity contribution in [2.45, 2.75) is 30.7 Å². The van der Waals surface area contributed by atoms with Crippen LogP contribution in [0.3, 0.4) is 0 Å². The van der Waals surface area contributed by atoms with Crippen molar-refractivity contribution in [3.8, 4) is 11.8 Å². The van der Waals surface area contributed by atoms with Crippen molar-refractivity contribution in [3.63, 3.8) is 0 Å². The number of nitrogens with two attached hydrogens (primary N) is 1. The van der Waals surface area contributed by atoms with Crippen molar-refractivity contribution in [2.75, 3.05) is 18.1 Å². The molecule has 1 aliphatic rings. The fraction of sp³-hybridized carbons (Fsp3) is 0.467. The van der Waals surface area contributed by atoms with E-state index in [1.165, 1.54) is 0 Å². The predicted molar refractivity (Wildman–Crippen MR) is 87.8 cm³/mol. The van der Waals surface area contributed by atoms with E-state index < -0.39 is 10.0 Å². The summed E-state index contributed by atoms with van der Waals surface area (Å²) in [6, 6.07) is 5.22. The summed E-state index contributed by atoms with van der Waals surface area (Å²) in [5.41, 5.74) is 6.87. The Kier molecular flexibility index (Phi) is 5.71. The van der Waals surface area contributed by atoms with Gasteiger partial charge in [-0.1, -0.05) is 17.9 Å². The molecule has 0 aromatic heterocycles. The minimum atomic E-state index is -3.54. The number of thioether (sulfide) groups is 1. The van der Waals surface area contributed by atoms with Gasteiger partial charge in [0.05, 0.1) is 11.4 Å². The van der Waals surface area contributed by atoms with Crippen LogP contribution in [0.2, 0.25) is 0 Å². The molecule has 1 aromatic carbocycles. The highest BCUT2D eigenvalue weighted by molar-refractivity contribution is 7.99. The number of nitrogens with one attached hydrogen (secondary N) is 1. The zero-order chi connectivity index (χ0) is 15.3. The topological polar surface area (TPSA) is 72.2 Å². The summed E-state index contributed by atoms with van der Waals surface area (Å²) in [5.74, 6) is 7.59. The highest BCUT2D eigenvalue weighted by atomic mass is 32.2. The summed E-state index contributed by atoms with van der Waals surface area (Å²) in [6.45, 7) is 2.12. The quantitative estimate of drug-likeness (QED) is 0.826. The van der Waals surface area contributed by atoms with Gasteiger partial charge in [-0.05, 0) is 49.0 Å². The fourth-order valence-electron chi connectivity index (χ4n) is 2.22. The second kappa shape index (κ2) is 7.32. The molecule has 0 unspecified atom stereocenters. The van der Waals surface area contributed by atoms with E-state index in [0.717, 1.165) is 29.9 Å². The minimum Gasteiger partial charge on any atom is -0.320 e. The van der Waals surface area contributed by atoms with Crippen LogP contribution in [0.1, 0.15) is 24.0 Å². The Morgan fingerprint density at radius 3 is 2.76 bits per heavy atom. The summed E-state index contributed by atoms with van der Waals surface area (Å²) in [5, 5.41) is 0. The van der Waals surface area contributed by atoms with Crippen LogP contribution in [0, 0.1) is 18.8 Å². The normalized spacial score (nSPS) is 16.3. The van der Waals surface area contributed by atoms with Gasteiger partial charge in [-0.2, -0.15) is 11.8 Å². The van der Waals surface area contributed by atoms with Crippen LogP contribution in [0.5, 0.6) is 0 Å². The van der Waals surface area contributed by atoms with Crippen LogP contribution >= 0.6 is 11.8 Å². The lowest BCUT2D eigenvalue weighted by molar-refractivity contribution is 0.528. The second-order valence-corrected chi connectivity index (χ2v) is 7.92. The third-order valence-electron chi connectivity index (χ3n) is 3.29. The number of aryl methyl sites for hydroxylation is 1. The first-order valence-electron chi connectivity index (χ1n) is 6.92. The Hall–Kier alpha value is -1.00. The molecule has 0 amide bonds. The molecule has 2 rings (SSSR count). The molecule has 0 aliphatic carbocycles. The third-order valence-corrected chi connectivity index (χ3v) is 5.92. The Balaban J connectivity index is 2.30. The average Bonchev–Trinajstić information content (AvgIpc) is 2.45. The van der Waals surface area contributed by atoms with Gasteiger partial charge in [-0.15, -0.1) is 0 Å². The summed E-state index contributed by atoms with van der Waals surface area (Å²) in [6.07, 6.45) is 1.75. The van der Waals surface area contributed by atoms with Gasteiger partial charge in [0.1, 0.15) is 0 Å². The van der Waals surface area contributed by atoms with E-state index in [1.54, 1.807) is 18.2 Å². The van der Waals surface area contributed by atoms with Gasteiger partial charge in [0.2, 0.25) is 10.0 Å². The number of rotatable bonds is 3. The maximum absolute atomic E-state index is 12.6. The molecule has 0 spiro atoms. The van der Waals surface area contributed by atoms with Crippen LogP contribution in [-0.2, 0) is 10.0 Å². The van der Waals surface area contributed by atoms with E-state index in [1.807, 2.05) is 18.7 Å². The van der Waals surface area contributed by atoms with Crippen molar-refractivity contribution in [2.24, 2.45) is 5.73 Å². The Morgan fingerprint density at radius 2 is 2.10 bits per heavy atom. The maximum Gasteiger partial charge on any atom is 0.242 e. The van der Waals surface area contributed by atoms with E-state index in [2.05, 4.69) is 16.6 Å². The average molecular weight is 324 g/mol. The van der Waals surface area contributed by atoms with Crippen molar-refractivity contribution < 1.29 is 8.42 Å². The highest BCUT2D eigenvalue weighted by Crippen LogP contribution is 2.21. The molecule has 6 heteroatoms. The summed E-state index contributed by atoms with van der Waals surface area (Å²) in [4.78, 5) is 0.243. The molecule has 0 radical (unpaired) electrons. The molecule has 3 N–H and O–H groups in total. The molecular weight excluding hydrogens is 304 g/mol. The van der Waals surface area contributed by atoms with Gasteiger partial charge in [0.15, 0.2) is 0 Å². The summed E-state index contributed by atoms with van der Waals surface area (Å²) in [7, 11) is -3.54. The van der Waals surface area contributed by atoms with Crippen molar-refractivity contribution in [1.82, 2.24) is 4.72 Å². The Labute approximate surface area is 130 Å². The van der Waals surface area contributed by atoms with Gasteiger partial charge >= 0.3 is 0 Å². The van der Waals surface area contributed by atoms with Crippen LogP contribution in [-0.4, -0.2) is 32.5 Å². The SMILES string of the molecule is Cc1ccc(S(=O)(=O)NC2CCSCC2)c(C#CCN)c1. The molecule has 0 bridgehead atoms. The number of sulfonamides is 1. The number of benzene rings is 1. The van der Waals surface area contributed by atoms with Crippen LogP contribution in [0.15, 0.2) is 23.1 Å². The first-order chi connectivity index (χ1) is 10.0. The summed E-state index contributed by atoms with van der Waals surface area (Å²) < 4.78 is 28.0. The van der Waals surface area contributed by atoms with Crippen LogP contribution in [0.25, 0.3) is 0 Å². The zero-order valence-corrected chi connectivity index (χ0v) is 13.7. The van der Waals surface area contributed by atoms with Crippen molar-refractivity contribution in [1.29, 1.82) is 0 Å². The Bertz CT molecular complexity index is 654. The standard InChI is InChI=1S/C15H20N2O2S2/c1-12-4-5-15(13(11-12)3-2-8-16)21(18,19)17-14-6-9-20-10-7-14/h4-5,11,14,17H,6-10,16H2,1H3. The molecule has 1 fully saturated rings. The summed E-state index contributed by atoms with van der Waals surface area (Å²) >= 11 is 1.87. The predicted octanol–water partition coefficient (Wildman–Crippen LogP) is 1.48. The monoisotopic (exact) mass is 324 g/mol. The smallest absolute Gasteiger partial charge is 0.242 e. The molecule has 0 atom stereocenters. The minimum absolute atomic E-state index is 0.0212. The molecule has 0 saturated carbocycles. The molecule has 21 heavy (non-hydrogen) atoms. The van der Waals surface area contributed by atoms with E-state index >= 15 is 0 Å². The molecule has 1 aliphatic heterocycles. The molecule has 114 valence electrons. The first-order valence-corrected chi connectivity index (χ1v) is 9.56. The van der Waals surface area contributed by atoms with Crippen molar-refractivity contribution >= 4 is 21.8 Å². The molecular formula is C15H20N2O2S2. The highest BCUT2D eigenvalue weighted by Gasteiger charge is 2.23. The van der Waals surface area contributed by atoms with Gasteiger partial charge in [-0.3, -0.25) is 0 Å². The van der Waals surface area contributed by atoms with Gasteiger partial charge in [0.25, 0.3) is 0 Å². The second-order valence-electron chi connectivity index (χ2n) is 5.01. The van der Waals surface area contributed by atoms with Gasteiger partial charge in [0, 0.05) is 11.6 Å².